The summed E-state index contributed by atoms with van der Waals surface area (Å²) in [5, 5.41) is 9.41. The Hall–Kier alpha value is -5.84. The fourth-order valence-corrected chi connectivity index (χ4v) is 10.1. The van der Waals surface area contributed by atoms with Crippen LogP contribution < -0.4 is 10.6 Å². The van der Waals surface area contributed by atoms with Gasteiger partial charge in [0.05, 0.1) is 28.6 Å². The number of benzene rings is 1. The predicted molar refractivity (Wildman–Crippen MR) is 179 cm³/mol. The fraction of sp³-hybridized carbons (Fsp3) is 0.270. The average molecular weight is 662 g/mol. The summed E-state index contributed by atoms with van der Waals surface area (Å²) in [4.78, 5) is 32.1. The van der Waals surface area contributed by atoms with Crippen molar-refractivity contribution in [2.24, 2.45) is 16.7 Å². The zero-order chi connectivity index (χ0) is 33.6. The number of fused-ring (bicyclic) bond motifs is 1. The van der Waals surface area contributed by atoms with Gasteiger partial charge in [-0.1, -0.05) is 19.1 Å². The third-order valence-corrected chi connectivity index (χ3v) is 12.0. The highest BCUT2D eigenvalue weighted by Gasteiger charge is 3.12. The topological polar surface area (TPSA) is 148 Å². The first kappa shape index (κ1) is 28.0. The molecule has 5 atom stereocenters. The van der Waals surface area contributed by atoms with Crippen molar-refractivity contribution in [3.05, 3.63) is 103 Å². The Morgan fingerprint density at radius 2 is 1.82 bits per heavy atom. The molecule has 5 fully saturated rings. The Morgan fingerprint density at radius 3 is 2.60 bits per heavy atom. The number of anilines is 2. The molecule has 6 aromatic rings. The van der Waals surface area contributed by atoms with Crippen LogP contribution in [0.15, 0.2) is 85.3 Å². The molecule has 0 radical (unpaired) electrons. The lowest BCUT2D eigenvalue weighted by Gasteiger charge is -2.50. The first-order chi connectivity index (χ1) is 24.3. The van der Waals surface area contributed by atoms with Crippen LogP contribution in [0.1, 0.15) is 24.7 Å². The second-order valence-corrected chi connectivity index (χ2v) is 14.1. The molecule has 3 aliphatic heterocycles. The number of hydrogen-bond acceptors (Lipinski definition) is 11. The number of pyridine rings is 3. The Bertz CT molecular complexity index is 2480. The van der Waals surface area contributed by atoms with Crippen LogP contribution in [-0.4, -0.2) is 63.9 Å². The molecule has 2 unspecified atom stereocenters. The average Bonchev–Trinajstić information content (AvgIpc) is 3.68. The van der Waals surface area contributed by atoms with Crippen LogP contribution in [0.5, 0.6) is 0 Å². The molecule has 1 aromatic carbocycles. The van der Waals surface area contributed by atoms with Crippen molar-refractivity contribution in [2.75, 3.05) is 23.7 Å². The molecular formula is C37H28FN11O. The number of likely N-dealkylation sites (tertiary alicyclic amines) is 1. The molecule has 12 nitrogen and oxygen atoms in total. The quantitative estimate of drug-likeness (QED) is 0.265. The molecule has 5 aromatic heterocycles. The summed E-state index contributed by atoms with van der Waals surface area (Å²) in [6, 6.07) is 23.0. The van der Waals surface area contributed by atoms with Gasteiger partial charge < -0.3 is 10.5 Å². The number of piperidine rings is 2. The highest BCUT2D eigenvalue weighted by Crippen LogP contribution is 3.01. The molecule has 4 spiro atoms. The molecule has 11 rings (SSSR count). The molecule has 13 heteroatoms. The van der Waals surface area contributed by atoms with E-state index in [-0.39, 0.29) is 28.1 Å². The Labute approximate surface area is 285 Å². The van der Waals surface area contributed by atoms with Crippen LogP contribution in [0.3, 0.4) is 0 Å². The number of hydrogen-bond donors (Lipinski definition) is 1. The summed E-state index contributed by atoms with van der Waals surface area (Å²) in [6.07, 6.45) is 5.49. The van der Waals surface area contributed by atoms with Crippen molar-refractivity contribution >= 4 is 22.8 Å². The molecule has 2 N–H and O–H groups in total. The molecular weight excluding hydrogens is 633 g/mol. The van der Waals surface area contributed by atoms with E-state index >= 15 is 0 Å². The second-order valence-electron chi connectivity index (χ2n) is 14.1. The van der Waals surface area contributed by atoms with E-state index in [9.17, 15) is 9.65 Å². The molecule has 8 heterocycles. The van der Waals surface area contributed by atoms with Crippen LogP contribution in [0, 0.1) is 33.9 Å². The molecule has 50 heavy (non-hydrogen) atoms. The van der Waals surface area contributed by atoms with Crippen molar-refractivity contribution in [1.29, 1.82) is 5.26 Å². The van der Waals surface area contributed by atoms with Crippen LogP contribution in [0.2, 0.25) is 0 Å². The van der Waals surface area contributed by atoms with E-state index < -0.39 is 5.82 Å². The highest BCUT2D eigenvalue weighted by atomic mass is 19.1. The van der Waals surface area contributed by atoms with Crippen LogP contribution in [0.25, 0.3) is 39.6 Å². The minimum absolute atomic E-state index is 0.0503. The lowest BCUT2D eigenvalue weighted by molar-refractivity contribution is -0.159. The zero-order valence-corrected chi connectivity index (χ0v) is 26.8. The maximum absolute atomic E-state index is 13.6. The third-order valence-electron chi connectivity index (χ3n) is 12.0. The van der Waals surface area contributed by atoms with Crippen LogP contribution >= 0.6 is 0 Å². The molecule has 5 aliphatic rings. The standard InChI is InChI=1S/C37H28FN11O/c1-21-35-20-47(19-34(35)18-36(34)49(37(21,35)50-36)30-12-14-41-29(15-39)46-30)17-22-4-7-24(8-5-22)48-32(25-3-2-13-42-31(25)40)45-28-11-10-27(44-33(28)48)26-9-6-23(38)16-43-26/h2-14,16,21H,17-20H2,1H3,(H2,40,42)/t21-,34-,35-,36?,37?/m1/s1. The van der Waals surface area contributed by atoms with Gasteiger partial charge in [0.1, 0.15) is 29.0 Å². The molecule has 2 aliphatic carbocycles. The van der Waals surface area contributed by atoms with Gasteiger partial charge in [-0.05, 0) is 60.2 Å². The monoisotopic (exact) mass is 661 g/mol. The van der Waals surface area contributed by atoms with Gasteiger partial charge in [-0.15, -0.1) is 0 Å². The highest BCUT2D eigenvalue weighted by molar-refractivity contribution is 5.84. The van der Waals surface area contributed by atoms with E-state index in [2.05, 4.69) is 67.0 Å². The smallest absolute Gasteiger partial charge is 0.234 e. The fourth-order valence-electron chi connectivity index (χ4n) is 10.1. The number of imidazole rings is 1. The first-order valence-corrected chi connectivity index (χ1v) is 16.6. The second kappa shape index (κ2) is 9.03. The van der Waals surface area contributed by atoms with Gasteiger partial charge in [0, 0.05) is 55.5 Å². The van der Waals surface area contributed by atoms with E-state index in [4.69, 9.17) is 20.4 Å². The summed E-state index contributed by atoms with van der Waals surface area (Å²) in [5.41, 5.74) is 11.0. The number of aromatic nitrogens is 7. The maximum Gasteiger partial charge on any atom is 0.234 e. The van der Waals surface area contributed by atoms with Gasteiger partial charge in [0.2, 0.25) is 5.82 Å². The van der Waals surface area contributed by atoms with Crippen LogP contribution in [0.4, 0.5) is 16.0 Å². The number of nitriles is 1. The van der Waals surface area contributed by atoms with E-state index in [1.54, 1.807) is 18.5 Å². The Balaban J connectivity index is 0.912. The van der Waals surface area contributed by atoms with Gasteiger partial charge in [-0.3, -0.25) is 19.4 Å². The van der Waals surface area contributed by atoms with Crippen LogP contribution in [-0.2, 0) is 11.3 Å². The van der Waals surface area contributed by atoms with E-state index in [0.717, 1.165) is 37.6 Å². The number of nitrogens with zero attached hydrogens (tertiary/aromatic N) is 10. The summed E-state index contributed by atoms with van der Waals surface area (Å²) < 4.78 is 22.4. The van der Waals surface area contributed by atoms with Gasteiger partial charge in [-0.25, -0.2) is 29.3 Å². The molecule has 2 saturated carbocycles. The molecule has 244 valence electrons. The van der Waals surface area contributed by atoms with E-state index in [0.29, 0.717) is 45.7 Å². The predicted octanol–water partition coefficient (Wildman–Crippen LogP) is 4.71. The summed E-state index contributed by atoms with van der Waals surface area (Å²) in [7, 11) is 0. The minimum atomic E-state index is -0.405. The van der Waals surface area contributed by atoms with Gasteiger partial charge in [-0.2, -0.15) is 5.26 Å². The van der Waals surface area contributed by atoms with Crippen molar-refractivity contribution < 1.29 is 9.13 Å². The van der Waals surface area contributed by atoms with Gasteiger partial charge >= 0.3 is 0 Å². The summed E-state index contributed by atoms with van der Waals surface area (Å²) in [6.45, 7) is 5.02. The number of halogens is 1. The van der Waals surface area contributed by atoms with Gasteiger partial charge in [0.25, 0.3) is 0 Å². The largest absolute Gasteiger partial charge is 0.383 e. The minimum Gasteiger partial charge on any atom is -0.383 e. The first-order valence-electron chi connectivity index (χ1n) is 16.6. The SMILES string of the molecule is C[C@H]1C23OC4(C[C@]45CN(Cc4ccc(-n6c(-c7cccnc7N)nc7ccc(-c8ccc(F)cn8)nc76)cc4)C[C@]125)N3c1ccnc(C#N)n1. The lowest BCUT2D eigenvalue weighted by atomic mass is 9.87. The van der Waals surface area contributed by atoms with Crippen molar-refractivity contribution in [1.82, 2.24) is 39.4 Å². The van der Waals surface area contributed by atoms with Gasteiger partial charge in [0.15, 0.2) is 22.9 Å². The summed E-state index contributed by atoms with van der Waals surface area (Å²) >= 11 is 0. The maximum atomic E-state index is 13.6. The van der Waals surface area contributed by atoms with Crippen molar-refractivity contribution in [3.8, 4) is 34.5 Å². The Kier molecular flexibility index (Phi) is 5.07. The third kappa shape index (κ3) is 3.13. The number of rotatable bonds is 6. The zero-order valence-electron chi connectivity index (χ0n) is 26.8. The number of nitrogens with two attached hydrogens (primary N) is 1. The summed E-state index contributed by atoms with van der Waals surface area (Å²) in [5.74, 6) is 1.95. The molecule has 2 bridgehead atoms. The van der Waals surface area contributed by atoms with Crippen molar-refractivity contribution in [3.63, 3.8) is 0 Å². The normalized spacial score (nSPS) is 29.6. The molecule has 3 saturated heterocycles. The van der Waals surface area contributed by atoms with Crippen molar-refractivity contribution in [2.45, 2.75) is 31.3 Å². The van der Waals surface area contributed by atoms with E-state index in [1.807, 2.05) is 34.9 Å². The lowest BCUT2D eigenvalue weighted by Crippen LogP contribution is -2.64. The number of nitrogen functional groups attached to an aromatic ring is 1. The Morgan fingerprint density at radius 1 is 0.960 bits per heavy atom. The number of ether oxygens (including phenoxy) is 1. The molecule has 0 amide bonds. The van der Waals surface area contributed by atoms with E-state index in [1.165, 1.54) is 17.8 Å².